The average Bonchev–Trinajstić information content (AvgIpc) is 2.75. The van der Waals surface area contributed by atoms with E-state index in [1.54, 1.807) is 0 Å². The molecule has 0 fully saturated rings. The molecule has 0 aliphatic heterocycles. The molecule has 2 amide bonds. The van der Waals surface area contributed by atoms with Gasteiger partial charge in [0.1, 0.15) is 5.75 Å². The number of aryl methyl sites for hydroxylation is 3. The zero-order valence-corrected chi connectivity index (χ0v) is 15.2. The number of urea groups is 1. The fourth-order valence-electron chi connectivity index (χ4n) is 2.90. The summed E-state index contributed by atoms with van der Waals surface area (Å²) in [5.41, 5.74) is 4.76. The van der Waals surface area contributed by atoms with Gasteiger partial charge in [-0.25, -0.2) is 4.79 Å². The molecule has 6 nitrogen and oxygen atoms in total. The Morgan fingerprint density at radius 1 is 1.33 bits per heavy atom. The molecule has 1 heterocycles. The van der Waals surface area contributed by atoms with Gasteiger partial charge in [0.2, 0.25) is 0 Å². The Labute approximate surface area is 143 Å². The van der Waals surface area contributed by atoms with Gasteiger partial charge >= 0.3 is 6.03 Å². The minimum absolute atomic E-state index is 0.123. The van der Waals surface area contributed by atoms with Crippen LogP contribution in [0.3, 0.4) is 0 Å². The summed E-state index contributed by atoms with van der Waals surface area (Å²) in [7, 11) is 1.90. The quantitative estimate of drug-likeness (QED) is 0.879. The van der Waals surface area contributed by atoms with Gasteiger partial charge in [-0.15, -0.1) is 0 Å². The number of ether oxygens (including phenoxy) is 1. The molecular weight excluding hydrogens is 304 g/mol. The number of carbonyl (C=O) groups excluding carboxylic acids is 1. The van der Waals surface area contributed by atoms with Crippen molar-refractivity contribution in [1.29, 1.82) is 0 Å². The van der Waals surface area contributed by atoms with Crippen LogP contribution in [-0.2, 0) is 7.05 Å². The standard InChI is InChI=1S/C18H26N4O2/c1-7-24-16-9-8-15(10-11(16)2)20-18(23)19-12(3)17-13(4)21-22(6)14(17)5/h8-10,12H,7H2,1-6H3,(H2,19,20,23). The molecule has 1 unspecified atom stereocenters. The summed E-state index contributed by atoms with van der Waals surface area (Å²) in [6, 6.07) is 5.24. The highest BCUT2D eigenvalue weighted by Gasteiger charge is 2.18. The molecule has 130 valence electrons. The van der Waals surface area contributed by atoms with Crippen LogP contribution >= 0.6 is 0 Å². The first-order chi connectivity index (χ1) is 11.3. The topological polar surface area (TPSA) is 68.2 Å². The third kappa shape index (κ3) is 3.88. The van der Waals surface area contributed by atoms with Crippen molar-refractivity contribution in [2.45, 2.75) is 40.7 Å². The van der Waals surface area contributed by atoms with Crippen LogP contribution in [0.2, 0.25) is 0 Å². The first-order valence-corrected chi connectivity index (χ1v) is 8.14. The van der Waals surface area contributed by atoms with E-state index in [0.29, 0.717) is 6.61 Å². The van der Waals surface area contributed by atoms with Crippen LogP contribution < -0.4 is 15.4 Å². The number of hydrogen-bond acceptors (Lipinski definition) is 3. The van der Waals surface area contributed by atoms with Crippen LogP contribution in [0.15, 0.2) is 18.2 Å². The lowest BCUT2D eigenvalue weighted by molar-refractivity contribution is 0.249. The molecule has 24 heavy (non-hydrogen) atoms. The number of benzene rings is 1. The Balaban J connectivity index is 2.04. The predicted molar refractivity (Wildman–Crippen MR) is 95.6 cm³/mol. The Morgan fingerprint density at radius 3 is 2.58 bits per heavy atom. The zero-order valence-electron chi connectivity index (χ0n) is 15.2. The molecule has 2 N–H and O–H groups in total. The van der Waals surface area contributed by atoms with Crippen molar-refractivity contribution >= 4 is 11.7 Å². The average molecular weight is 330 g/mol. The first-order valence-electron chi connectivity index (χ1n) is 8.14. The van der Waals surface area contributed by atoms with Crippen molar-refractivity contribution in [1.82, 2.24) is 15.1 Å². The SMILES string of the molecule is CCOc1ccc(NC(=O)NC(C)c2c(C)nn(C)c2C)cc1C. The summed E-state index contributed by atoms with van der Waals surface area (Å²) in [5, 5.41) is 10.2. The van der Waals surface area contributed by atoms with Crippen LogP contribution in [0.5, 0.6) is 5.75 Å². The molecule has 1 aromatic carbocycles. The van der Waals surface area contributed by atoms with Crippen molar-refractivity contribution in [3.8, 4) is 5.75 Å². The third-order valence-corrected chi connectivity index (χ3v) is 4.08. The summed E-state index contributed by atoms with van der Waals surface area (Å²) in [6.07, 6.45) is 0. The van der Waals surface area contributed by atoms with E-state index in [0.717, 1.165) is 34.0 Å². The first kappa shape index (κ1) is 17.8. The maximum Gasteiger partial charge on any atom is 0.319 e. The number of hydrogen-bond donors (Lipinski definition) is 2. The molecule has 0 spiro atoms. The summed E-state index contributed by atoms with van der Waals surface area (Å²) >= 11 is 0. The zero-order chi connectivity index (χ0) is 17.9. The molecule has 0 saturated carbocycles. The van der Waals surface area contributed by atoms with E-state index < -0.39 is 0 Å². The second kappa shape index (κ2) is 7.38. The molecule has 0 bridgehead atoms. The van der Waals surface area contributed by atoms with E-state index in [9.17, 15) is 4.79 Å². The van der Waals surface area contributed by atoms with Crippen LogP contribution in [-0.4, -0.2) is 22.4 Å². The summed E-state index contributed by atoms with van der Waals surface area (Å²) in [6.45, 7) is 10.4. The van der Waals surface area contributed by atoms with Crippen LogP contribution in [0.1, 0.15) is 42.4 Å². The number of amides is 2. The van der Waals surface area contributed by atoms with Gasteiger partial charge in [-0.2, -0.15) is 5.10 Å². The van der Waals surface area contributed by atoms with Gasteiger partial charge in [-0.1, -0.05) is 0 Å². The lowest BCUT2D eigenvalue weighted by Gasteiger charge is -2.16. The van der Waals surface area contributed by atoms with Crippen molar-refractivity contribution in [2.24, 2.45) is 7.05 Å². The molecular formula is C18H26N4O2. The highest BCUT2D eigenvalue weighted by atomic mass is 16.5. The highest BCUT2D eigenvalue weighted by Crippen LogP contribution is 2.23. The van der Waals surface area contributed by atoms with Gasteiger partial charge in [0, 0.05) is 24.0 Å². The van der Waals surface area contributed by atoms with Crippen molar-refractivity contribution in [3.63, 3.8) is 0 Å². The Bertz CT molecular complexity index is 737. The van der Waals surface area contributed by atoms with Crippen LogP contribution in [0.4, 0.5) is 10.5 Å². The molecule has 0 saturated heterocycles. The molecule has 1 atom stereocenters. The smallest absolute Gasteiger partial charge is 0.319 e. The Hall–Kier alpha value is -2.50. The molecule has 0 aliphatic rings. The van der Waals surface area contributed by atoms with Gasteiger partial charge in [-0.3, -0.25) is 4.68 Å². The lowest BCUT2D eigenvalue weighted by Crippen LogP contribution is -2.31. The van der Waals surface area contributed by atoms with Crippen molar-refractivity contribution < 1.29 is 9.53 Å². The van der Waals surface area contributed by atoms with E-state index in [1.807, 2.05) is 64.5 Å². The van der Waals surface area contributed by atoms with E-state index in [2.05, 4.69) is 15.7 Å². The Kier molecular flexibility index (Phi) is 5.49. The molecule has 1 aromatic heterocycles. The number of rotatable bonds is 5. The van der Waals surface area contributed by atoms with Crippen molar-refractivity contribution in [2.75, 3.05) is 11.9 Å². The number of aromatic nitrogens is 2. The maximum atomic E-state index is 12.3. The van der Waals surface area contributed by atoms with Crippen LogP contribution in [0, 0.1) is 20.8 Å². The van der Waals surface area contributed by atoms with E-state index >= 15 is 0 Å². The Morgan fingerprint density at radius 2 is 2.04 bits per heavy atom. The maximum absolute atomic E-state index is 12.3. The molecule has 6 heteroatoms. The summed E-state index contributed by atoms with van der Waals surface area (Å²) < 4.78 is 7.34. The molecule has 0 aliphatic carbocycles. The van der Waals surface area contributed by atoms with Gasteiger partial charge < -0.3 is 15.4 Å². The van der Waals surface area contributed by atoms with Crippen LogP contribution in [0.25, 0.3) is 0 Å². The largest absolute Gasteiger partial charge is 0.494 e. The van der Waals surface area contributed by atoms with E-state index in [1.165, 1.54) is 0 Å². The lowest BCUT2D eigenvalue weighted by atomic mass is 10.1. The van der Waals surface area contributed by atoms with Gasteiger partial charge in [0.05, 0.1) is 18.3 Å². The summed E-state index contributed by atoms with van der Waals surface area (Å²) in [4.78, 5) is 12.3. The highest BCUT2D eigenvalue weighted by molar-refractivity contribution is 5.89. The number of anilines is 1. The summed E-state index contributed by atoms with van der Waals surface area (Å²) in [5.74, 6) is 0.832. The fraction of sp³-hybridized carbons (Fsp3) is 0.444. The number of nitrogens with one attached hydrogen (secondary N) is 2. The van der Waals surface area contributed by atoms with Crippen molar-refractivity contribution in [3.05, 3.63) is 40.7 Å². The van der Waals surface area contributed by atoms with Gasteiger partial charge in [0.15, 0.2) is 0 Å². The number of carbonyl (C=O) groups is 1. The normalized spacial score (nSPS) is 11.9. The van der Waals surface area contributed by atoms with E-state index in [-0.39, 0.29) is 12.1 Å². The second-order valence-corrected chi connectivity index (χ2v) is 5.94. The van der Waals surface area contributed by atoms with E-state index in [4.69, 9.17) is 4.74 Å². The fourth-order valence-corrected chi connectivity index (χ4v) is 2.90. The van der Waals surface area contributed by atoms with Gasteiger partial charge in [-0.05, 0) is 58.4 Å². The molecule has 2 aromatic rings. The second-order valence-electron chi connectivity index (χ2n) is 5.94. The third-order valence-electron chi connectivity index (χ3n) is 4.08. The number of nitrogens with zero attached hydrogens (tertiary/aromatic N) is 2. The minimum atomic E-state index is -0.242. The predicted octanol–water partition coefficient (Wildman–Crippen LogP) is 3.63. The van der Waals surface area contributed by atoms with Gasteiger partial charge in [0.25, 0.3) is 0 Å². The monoisotopic (exact) mass is 330 g/mol. The molecule has 2 rings (SSSR count). The molecule has 0 radical (unpaired) electrons. The minimum Gasteiger partial charge on any atom is -0.494 e.